The maximum Gasteiger partial charge on any atom is 0.159 e. The van der Waals surface area contributed by atoms with E-state index in [-0.39, 0.29) is 6.04 Å². The monoisotopic (exact) mass is 292 g/mol. The predicted octanol–water partition coefficient (Wildman–Crippen LogP) is 2.59. The number of ether oxygens (including phenoxy) is 1. The molecule has 0 saturated carbocycles. The Morgan fingerprint density at radius 1 is 1.10 bits per heavy atom. The molecule has 0 spiro atoms. The van der Waals surface area contributed by atoms with Gasteiger partial charge in [0.2, 0.25) is 0 Å². The molecule has 2 aromatic rings. The van der Waals surface area contributed by atoms with E-state index in [1.165, 1.54) is 6.07 Å². The minimum absolute atomic E-state index is 0.105. The average molecular weight is 292 g/mol. The molecule has 0 saturated heterocycles. The van der Waals surface area contributed by atoms with Crippen molar-refractivity contribution in [1.82, 2.24) is 5.43 Å². The molecule has 0 fully saturated rings. The van der Waals surface area contributed by atoms with Crippen LogP contribution in [-0.2, 0) is 12.8 Å². The molecule has 0 aromatic heterocycles. The van der Waals surface area contributed by atoms with Crippen molar-refractivity contribution < 1.29 is 13.5 Å². The normalized spacial score (nSPS) is 12.2. The number of hydrazine groups is 1. The van der Waals surface area contributed by atoms with Gasteiger partial charge in [-0.15, -0.1) is 0 Å². The molecular formula is C16H18F2N2O. The molecule has 112 valence electrons. The van der Waals surface area contributed by atoms with Crippen molar-refractivity contribution in [3.63, 3.8) is 0 Å². The van der Waals surface area contributed by atoms with Crippen LogP contribution in [0, 0.1) is 11.6 Å². The third-order valence-electron chi connectivity index (χ3n) is 3.36. The van der Waals surface area contributed by atoms with Gasteiger partial charge in [-0.1, -0.05) is 24.3 Å². The van der Waals surface area contributed by atoms with Gasteiger partial charge in [-0.2, -0.15) is 0 Å². The number of rotatable bonds is 6. The Hall–Kier alpha value is -1.98. The Morgan fingerprint density at radius 3 is 2.52 bits per heavy atom. The number of nitrogens with one attached hydrogen (secondary N) is 1. The second-order valence-electron chi connectivity index (χ2n) is 4.83. The summed E-state index contributed by atoms with van der Waals surface area (Å²) in [4.78, 5) is 0. The highest BCUT2D eigenvalue weighted by molar-refractivity contribution is 5.34. The number of hydrogen-bond acceptors (Lipinski definition) is 3. The molecule has 1 atom stereocenters. The Morgan fingerprint density at radius 2 is 1.86 bits per heavy atom. The number of para-hydroxylation sites is 1. The fourth-order valence-electron chi connectivity index (χ4n) is 2.28. The number of halogens is 2. The molecule has 0 bridgehead atoms. The highest BCUT2D eigenvalue weighted by atomic mass is 19.2. The molecule has 3 nitrogen and oxygen atoms in total. The number of benzene rings is 2. The van der Waals surface area contributed by atoms with Crippen molar-refractivity contribution in [3.8, 4) is 5.75 Å². The van der Waals surface area contributed by atoms with Gasteiger partial charge in [0.05, 0.1) is 7.11 Å². The second-order valence-corrected chi connectivity index (χ2v) is 4.83. The lowest BCUT2D eigenvalue weighted by molar-refractivity contribution is 0.404. The lowest BCUT2D eigenvalue weighted by Gasteiger charge is -2.17. The van der Waals surface area contributed by atoms with E-state index in [0.29, 0.717) is 18.4 Å². The van der Waals surface area contributed by atoms with Crippen LogP contribution in [0.25, 0.3) is 0 Å². The SMILES string of the molecule is COc1ccccc1CC(Cc1ccc(F)c(F)c1)NN. The topological polar surface area (TPSA) is 47.3 Å². The van der Waals surface area contributed by atoms with E-state index >= 15 is 0 Å². The van der Waals surface area contributed by atoms with Gasteiger partial charge in [0, 0.05) is 6.04 Å². The maximum absolute atomic E-state index is 13.2. The smallest absolute Gasteiger partial charge is 0.159 e. The first kappa shape index (κ1) is 15.4. The van der Waals surface area contributed by atoms with Gasteiger partial charge in [0.1, 0.15) is 5.75 Å². The summed E-state index contributed by atoms with van der Waals surface area (Å²) in [5, 5.41) is 0. The summed E-state index contributed by atoms with van der Waals surface area (Å²) in [5.74, 6) is 4.66. The first-order valence-corrected chi connectivity index (χ1v) is 6.66. The van der Waals surface area contributed by atoms with Crippen molar-refractivity contribution in [2.75, 3.05) is 7.11 Å². The summed E-state index contributed by atoms with van der Waals surface area (Å²) in [6.07, 6.45) is 1.12. The predicted molar refractivity (Wildman–Crippen MR) is 77.9 cm³/mol. The lowest BCUT2D eigenvalue weighted by atomic mass is 9.99. The summed E-state index contributed by atoms with van der Waals surface area (Å²) in [6, 6.07) is 11.4. The van der Waals surface area contributed by atoms with Crippen LogP contribution in [0.15, 0.2) is 42.5 Å². The number of nitrogens with two attached hydrogens (primary N) is 1. The largest absolute Gasteiger partial charge is 0.496 e. The van der Waals surface area contributed by atoms with E-state index in [4.69, 9.17) is 10.6 Å². The molecule has 3 N–H and O–H groups in total. The zero-order valence-corrected chi connectivity index (χ0v) is 11.8. The van der Waals surface area contributed by atoms with Gasteiger partial charge >= 0.3 is 0 Å². The summed E-state index contributed by atoms with van der Waals surface area (Å²) in [6.45, 7) is 0. The highest BCUT2D eigenvalue weighted by Crippen LogP contribution is 2.20. The summed E-state index contributed by atoms with van der Waals surface area (Å²) in [7, 11) is 1.61. The molecule has 5 heteroatoms. The standard InChI is InChI=1S/C16H18F2N2O/c1-21-16-5-3-2-4-12(16)10-13(20-19)8-11-6-7-14(17)15(18)9-11/h2-7,9,13,20H,8,10,19H2,1H3. The third-order valence-corrected chi connectivity index (χ3v) is 3.36. The van der Waals surface area contributed by atoms with Crippen molar-refractivity contribution >= 4 is 0 Å². The third kappa shape index (κ3) is 4.00. The quantitative estimate of drug-likeness (QED) is 0.635. The summed E-state index contributed by atoms with van der Waals surface area (Å²) in [5.41, 5.74) is 4.40. The van der Waals surface area contributed by atoms with E-state index in [1.807, 2.05) is 24.3 Å². The Balaban J connectivity index is 2.11. The van der Waals surface area contributed by atoms with Crippen LogP contribution >= 0.6 is 0 Å². The fraction of sp³-hybridized carbons (Fsp3) is 0.250. The van der Waals surface area contributed by atoms with Crippen molar-refractivity contribution in [3.05, 3.63) is 65.2 Å². The van der Waals surface area contributed by atoms with Crippen LogP contribution < -0.4 is 16.0 Å². The maximum atomic E-state index is 13.2. The molecule has 21 heavy (non-hydrogen) atoms. The van der Waals surface area contributed by atoms with Crippen LogP contribution in [-0.4, -0.2) is 13.2 Å². The van der Waals surface area contributed by atoms with Crippen LogP contribution in [0.2, 0.25) is 0 Å². The lowest BCUT2D eigenvalue weighted by Crippen LogP contribution is -2.38. The van der Waals surface area contributed by atoms with E-state index in [9.17, 15) is 8.78 Å². The molecule has 0 amide bonds. The van der Waals surface area contributed by atoms with Crippen molar-refractivity contribution in [2.45, 2.75) is 18.9 Å². The summed E-state index contributed by atoms with van der Waals surface area (Å²) < 4.78 is 31.5. The van der Waals surface area contributed by atoms with Crippen LogP contribution in [0.1, 0.15) is 11.1 Å². The van der Waals surface area contributed by atoms with Gasteiger partial charge in [-0.05, 0) is 42.2 Å². The first-order chi connectivity index (χ1) is 10.1. The zero-order chi connectivity index (χ0) is 15.2. The van der Waals surface area contributed by atoms with Gasteiger partial charge in [-0.25, -0.2) is 8.78 Å². The van der Waals surface area contributed by atoms with E-state index in [1.54, 1.807) is 13.2 Å². The van der Waals surface area contributed by atoms with Crippen LogP contribution in [0.4, 0.5) is 8.78 Å². The minimum Gasteiger partial charge on any atom is -0.496 e. The number of methoxy groups -OCH3 is 1. The van der Waals surface area contributed by atoms with Crippen LogP contribution in [0.3, 0.4) is 0 Å². The molecule has 0 radical (unpaired) electrons. The minimum atomic E-state index is -0.847. The fourth-order valence-corrected chi connectivity index (χ4v) is 2.28. The van der Waals surface area contributed by atoms with E-state index < -0.39 is 11.6 Å². The Labute approximate surface area is 122 Å². The second kappa shape index (κ2) is 7.15. The van der Waals surface area contributed by atoms with Gasteiger partial charge in [-0.3, -0.25) is 11.3 Å². The molecular weight excluding hydrogens is 274 g/mol. The average Bonchev–Trinajstić information content (AvgIpc) is 2.50. The van der Waals surface area contributed by atoms with E-state index in [0.717, 1.165) is 17.4 Å². The Bertz CT molecular complexity index is 605. The molecule has 2 aromatic carbocycles. The Kier molecular flexibility index (Phi) is 5.25. The van der Waals surface area contributed by atoms with Gasteiger partial charge in [0.15, 0.2) is 11.6 Å². The van der Waals surface area contributed by atoms with Crippen molar-refractivity contribution in [1.29, 1.82) is 0 Å². The molecule has 0 heterocycles. The molecule has 0 aliphatic heterocycles. The van der Waals surface area contributed by atoms with Crippen LogP contribution in [0.5, 0.6) is 5.75 Å². The zero-order valence-electron chi connectivity index (χ0n) is 11.8. The molecule has 1 unspecified atom stereocenters. The highest BCUT2D eigenvalue weighted by Gasteiger charge is 2.13. The summed E-state index contributed by atoms with van der Waals surface area (Å²) >= 11 is 0. The number of hydrogen-bond donors (Lipinski definition) is 2. The van der Waals surface area contributed by atoms with Gasteiger partial charge < -0.3 is 4.74 Å². The molecule has 0 aliphatic carbocycles. The van der Waals surface area contributed by atoms with Crippen molar-refractivity contribution in [2.24, 2.45) is 5.84 Å². The van der Waals surface area contributed by atoms with E-state index in [2.05, 4.69) is 5.43 Å². The molecule has 2 rings (SSSR count). The molecule has 0 aliphatic rings. The van der Waals surface area contributed by atoms with Gasteiger partial charge in [0.25, 0.3) is 0 Å². The first-order valence-electron chi connectivity index (χ1n) is 6.66.